The van der Waals surface area contributed by atoms with Gasteiger partial charge in [0.15, 0.2) is 0 Å². The van der Waals surface area contributed by atoms with Crippen LogP contribution in [0.1, 0.15) is 40.0 Å². The molecular weight excluding hydrogens is 316 g/mol. The summed E-state index contributed by atoms with van der Waals surface area (Å²) in [5.41, 5.74) is 2.07. The number of halogens is 1. The quantitative estimate of drug-likeness (QED) is 0.561. The van der Waals surface area contributed by atoms with E-state index < -0.39 is 0 Å². The average molecular weight is 341 g/mol. The SMILES string of the molecule is CCN(c1ccc(NC(=O)CCCCBr)cc1)C(C)C. The highest BCUT2D eigenvalue weighted by atomic mass is 79.9. The van der Waals surface area contributed by atoms with E-state index in [9.17, 15) is 4.79 Å². The first kappa shape index (κ1) is 17.0. The van der Waals surface area contributed by atoms with Crippen LogP contribution < -0.4 is 10.2 Å². The largest absolute Gasteiger partial charge is 0.369 e. The molecule has 1 aromatic rings. The van der Waals surface area contributed by atoms with Crippen LogP contribution in [0.15, 0.2) is 24.3 Å². The standard InChI is InChI=1S/C16H25BrN2O/c1-4-19(13(2)3)15-10-8-14(9-11-15)18-16(20)7-5-6-12-17/h8-11,13H,4-7,12H2,1-3H3,(H,18,20). The summed E-state index contributed by atoms with van der Waals surface area (Å²) in [6, 6.07) is 8.56. The van der Waals surface area contributed by atoms with Crippen molar-refractivity contribution in [2.45, 2.75) is 46.1 Å². The van der Waals surface area contributed by atoms with Crippen molar-refractivity contribution in [1.82, 2.24) is 0 Å². The molecule has 112 valence electrons. The summed E-state index contributed by atoms with van der Waals surface area (Å²) in [5, 5.41) is 3.90. The summed E-state index contributed by atoms with van der Waals surface area (Å²) in [5.74, 6) is 0.0925. The zero-order valence-corrected chi connectivity index (χ0v) is 14.2. The molecule has 0 atom stereocenters. The van der Waals surface area contributed by atoms with Crippen molar-refractivity contribution in [2.75, 3.05) is 22.1 Å². The molecule has 0 heterocycles. The van der Waals surface area contributed by atoms with Crippen molar-refractivity contribution in [3.8, 4) is 0 Å². The molecule has 0 radical (unpaired) electrons. The van der Waals surface area contributed by atoms with Gasteiger partial charge in [0, 0.05) is 35.7 Å². The molecule has 0 spiro atoms. The lowest BCUT2D eigenvalue weighted by Crippen LogP contribution is -2.30. The van der Waals surface area contributed by atoms with Crippen LogP contribution >= 0.6 is 15.9 Å². The lowest BCUT2D eigenvalue weighted by Gasteiger charge is -2.27. The van der Waals surface area contributed by atoms with Gasteiger partial charge in [-0.3, -0.25) is 4.79 Å². The Morgan fingerprint density at radius 2 is 1.90 bits per heavy atom. The third-order valence-corrected chi connectivity index (χ3v) is 3.79. The molecule has 1 N–H and O–H groups in total. The van der Waals surface area contributed by atoms with E-state index in [4.69, 9.17) is 0 Å². The highest BCUT2D eigenvalue weighted by Gasteiger charge is 2.08. The fourth-order valence-corrected chi connectivity index (χ4v) is 2.58. The Kier molecular flexibility index (Phi) is 7.67. The predicted molar refractivity (Wildman–Crippen MR) is 90.9 cm³/mol. The fourth-order valence-electron chi connectivity index (χ4n) is 2.19. The van der Waals surface area contributed by atoms with E-state index in [1.807, 2.05) is 12.1 Å². The van der Waals surface area contributed by atoms with Gasteiger partial charge < -0.3 is 10.2 Å². The molecule has 1 aromatic carbocycles. The van der Waals surface area contributed by atoms with Crippen LogP contribution in [-0.4, -0.2) is 23.8 Å². The molecule has 4 heteroatoms. The van der Waals surface area contributed by atoms with Crippen LogP contribution in [0.25, 0.3) is 0 Å². The van der Waals surface area contributed by atoms with Gasteiger partial charge >= 0.3 is 0 Å². The number of anilines is 2. The van der Waals surface area contributed by atoms with Gasteiger partial charge in [-0.15, -0.1) is 0 Å². The van der Waals surface area contributed by atoms with E-state index in [1.165, 1.54) is 5.69 Å². The Labute approximate surface area is 130 Å². The van der Waals surface area contributed by atoms with Crippen LogP contribution in [0.2, 0.25) is 0 Å². The Morgan fingerprint density at radius 1 is 1.25 bits per heavy atom. The Hall–Kier alpha value is -1.03. The minimum Gasteiger partial charge on any atom is -0.369 e. The molecule has 0 saturated heterocycles. The summed E-state index contributed by atoms with van der Waals surface area (Å²) < 4.78 is 0. The summed E-state index contributed by atoms with van der Waals surface area (Å²) in [6.07, 6.45) is 2.54. The molecule has 0 fully saturated rings. The first-order valence-corrected chi connectivity index (χ1v) is 8.43. The molecule has 0 aromatic heterocycles. The zero-order valence-electron chi connectivity index (χ0n) is 12.7. The van der Waals surface area contributed by atoms with Crippen LogP contribution in [0.4, 0.5) is 11.4 Å². The maximum atomic E-state index is 11.7. The van der Waals surface area contributed by atoms with Gasteiger partial charge in [-0.25, -0.2) is 0 Å². The van der Waals surface area contributed by atoms with Crippen LogP contribution in [-0.2, 0) is 4.79 Å². The first-order chi connectivity index (χ1) is 9.58. The fraction of sp³-hybridized carbons (Fsp3) is 0.562. The summed E-state index contributed by atoms with van der Waals surface area (Å²) in [4.78, 5) is 14.1. The number of nitrogens with zero attached hydrogens (tertiary/aromatic N) is 1. The molecule has 1 amide bonds. The second-order valence-electron chi connectivity index (χ2n) is 5.12. The first-order valence-electron chi connectivity index (χ1n) is 7.31. The maximum Gasteiger partial charge on any atom is 0.224 e. The smallest absolute Gasteiger partial charge is 0.224 e. The van der Waals surface area contributed by atoms with Gasteiger partial charge in [0.25, 0.3) is 0 Å². The van der Waals surface area contributed by atoms with Crippen molar-refractivity contribution in [3.63, 3.8) is 0 Å². The second-order valence-corrected chi connectivity index (χ2v) is 5.91. The minimum absolute atomic E-state index is 0.0925. The summed E-state index contributed by atoms with van der Waals surface area (Å²) >= 11 is 3.37. The lowest BCUT2D eigenvalue weighted by molar-refractivity contribution is -0.116. The molecule has 0 aliphatic heterocycles. The van der Waals surface area contributed by atoms with E-state index in [0.29, 0.717) is 12.5 Å². The van der Waals surface area contributed by atoms with Gasteiger partial charge in [-0.05, 0) is 57.9 Å². The second kappa shape index (κ2) is 9.01. The van der Waals surface area contributed by atoms with E-state index in [1.54, 1.807) is 0 Å². The molecule has 0 unspecified atom stereocenters. The number of rotatable bonds is 8. The Balaban J connectivity index is 2.56. The molecule has 0 bridgehead atoms. The van der Waals surface area contributed by atoms with Gasteiger partial charge in [0.1, 0.15) is 0 Å². The molecule has 3 nitrogen and oxygen atoms in total. The zero-order chi connectivity index (χ0) is 15.0. The van der Waals surface area contributed by atoms with E-state index >= 15 is 0 Å². The van der Waals surface area contributed by atoms with Crippen molar-refractivity contribution >= 4 is 33.2 Å². The Morgan fingerprint density at radius 3 is 2.40 bits per heavy atom. The molecule has 0 saturated carbocycles. The minimum atomic E-state index is 0.0925. The monoisotopic (exact) mass is 340 g/mol. The van der Waals surface area contributed by atoms with Gasteiger partial charge in [0.05, 0.1) is 0 Å². The molecular formula is C16H25BrN2O. The number of carbonyl (C=O) groups excluding carboxylic acids is 1. The number of hydrogen-bond acceptors (Lipinski definition) is 2. The number of carbonyl (C=O) groups is 1. The third kappa shape index (κ3) is 5.53. The summed E-state index contributed by atoms with van der Waals surface area (Å²) in [7, 11) is 0. The van der Waals surface area contributed by atoms with Crippen molar-refractivity contribution in [3.05, 3.63) is 24.3 Å². The number of amides is 1. The van der Waals surface area contributed by atoms with Gasteiger partial charge in [-0.1, -0.05) is 15.9 Å². The highest BCUT2D eigenvalue weighted by Crippen LogP contribution is 2.20. The number of hydrogen-bond donors (Lipinski definition) is 1. The number of alkyl halides is 1. The van der Waals surface area contributed by atoms with Crippen LogP contribution in [0.5, 0.6) is 0 Å². The number of unbranched alkanes of at least 4 members (excludes halogenated alkanes) is 1. The molecule has 0 aliphatic carbocycles. The topological polar surface area (TPSA) is 32.3 Å². The van der Waals surface area contributed by atoms with Crippen molar-refractivity contribution < 1.29 is 4.79 Å². The normalized spacial score (nSPS) is 10.7. The lowest BCUT2D eigenvalue weighted by atomic mass is 10.2. The predicted octanol–water partition coefficient (Wildman–Crippen LogP) is 4.43. The molecule has 0 aliphatic rings. The molecule has 1 rings (SSSR count). The van der Waals surface area contributed by atoms with Gasteiger partial charge in [-0.2, -0.15) is 0 Å². The van der Waals surface area contributed by atoms with E-state index in [0.717, 1.165) is 30.4 Å². The van der Waals surface area contributed by atoms with E-state index in [2.05, 4.69) is 59.1 Å². The maximum absolute atomic E-state index is 11.7. The van der Waals surface area contributed by atoms with Gasteiger partial charge in [0.2, 0.25) is 5.91 Å². The van der Waals surface area contributed by atoms with Crippen molar-refractivity contribution in [1.29, 1.82) is 0 Å². The average Bonchev–Trinajstić information content (AvgIpc) is 2.41. The highest BCUT2D eigenvalue weighted by molar-refractivity contribution is 9.09. The van der Waals surface area contributed by atoms with Crippen LogP contribution in [0.3, 0.4) is 0 Å². The summed E-state index contributed by atoms with van der Waals surface area (Å²) in [6.45, 7) is 7.50. The number of benzene rings is 1. The third-order valence-electron chi connectivity index (χ3n) is 3.23. The Bertz CT molecular complexity index is 403. The van der Waals surface area contributed by atoms with Crippen molar-refractivity contribution in [2.24, 2.45) is 0 Å². The number of nitrogens with one attached hydrogen (secondary N) is 1. The van der Waals surface area contributed by atoms with Crippen LogP contribution in [0, 0.1) is 0 Å². The molecule has 20 heavy (non-hydrogen) atoms. The van der Waals surface area contributed by atoms with E-state index in [-0.39, 0.29) is 5.91 Å².